The van der Waals surface area contributed by atoms with Crippen LogP contribution in [0.25, 0.3) is 0 Å². The summed E-state index contributed by atoms with van der Waals surface area (Å²) in [6.45, 7) is 10.4. The zero-order valence-electron chi connectivity index (χ0n) is 15.6. The summed E-state index contributed by atoms with van der Waals surface area (Å²) < 4.78 is 12.8. The lowest BCUT2D eigenvalue weighted by atomic mass is 10.1. The minimum absolute atomic E-state index is 0.492. The molecule has 2 rings (SSSR count). The van der Waals surface area contributed by atoms with Gasteiger partial charge in [-0.25, -0.2) is 0 Å². The molecule has 0 unspecified atom stereocenters. The highest BCUT2D eigenvalue weighted by molar-refractivity contribution is 9.10. The molecule has 0 saturated heterocycles. The van der Waals surface area contributed by atoms with Crippen molar-refractivity contribution in [2.75, 3.05) is 6.61 Å². The van der Waals surface area contributed by atoms with Crippen molar-refractivity contribution in [3.63, 3.8) is 0 Å². The SMILES string of the molecule is CCOc1cc(CN[C@@H](C)CC)cc(Br)c1OCc1ccccc1C. The van der Waals surface area contributed by atoms with Crippen molar-refractivity contribution in [3.8, 4) is 11.5 Å². The van der Waals surface area contributed by atoms with Crippen LogP contribution in [0.3, 0.4) is 0 Å². The second-order valence-corrected chi connectivity index (χ2v) is 7.10. The first kappa shape index (κ1) is 19.8. The zero-order valence-corrected chi connectivity index (χ0v) is 17.2. The number of aryl methyl sites for hydroxylation is 1. The van der Waals surface area contributed by atoms with E-state index in [-0.39, 0.29) is 0 Å². The Bertz CT molecular complexity index is 688. The van der Waals surface area contributed by atoms with Crippen LogP contribution in [0.5, 0.6) is 11.5 Å². The third-order valence-electron chi connectivity index (χ3n) is 4.27. The third kappa shape index (κ3) is 5.75. The molecule has 0 fully saturated rings. The van der Waals surface area contributed by atoms with E-state index in [1.165, 1.54) is 16.7 Å². The molecule has 0 aromatic heterocycles. The molecule has 0 aliphatic heterocycles. The van der Waals surface area contributed by atoms with Gasteiger partial charge in [0.05, 0.1) is 11.1 Å². The lowest BCUT2D eigenvalue weighted by Gasteiger charge is -2.17. The Morgan fingerprint density at radius 3 is 2.56 bits per heavy atom. The van der Waals surface area contributed by atoms with E-state index < -0.39 is 0 Å². The van der Waals surface area contributed by atoms with Gasteiger partial charge >= 0.3 is 0 Å². The van der Waals surface area contributed by atoms with Crippen LogP contribution in [0, 0.1) is 6.92 Å². The van der Waals surface area contributed by atoms with Gasteiger partial charge in [-0.3, -0.25) is 0 Å². The quantitative estimate of drug-likeness (QED) is 0.586. The van der Waals surface area contributed by atoms with Gasteiger partial charge in [0.2, 0.25) is 0 Å². The highest BCUT2D eigenvalue weighted by Crippen LogP contribution is 2.37. The molecule has 0 amide bonds. The van der Waals surface area contributed by atoms with E-state index in [2.05, 4.69) is 66.3 Å². The summed E-state index contributed by atoms with van der Waals surface area (Å²) in [7, 11) is 0. The Morgan fingerprint density at radius 2 is 1.88 bits per heavy atom. The normalized spacial score (nSPS) is 12.0. The molecular weight excluding hydrogens is 378 g/mol. The smallest absolute Gasteiger partial charge is 0.175 e. The average Bonchev–Trinajstić information content (AvgIpc) is 2.60. The summed E-state index contributed by atoms with van der Waals surface area (Å²) in [5, 5.41) is 3.51. The van der Waals surface area contributed by atoms with Gasteiger partial charge in [0, 0.05) is 12.6 Å². The standard InChI is InChI=1S/C21H28BrNO2/c1-5-16(4)23-13-17-11-19(22)21(20(12-17)24-6-2)25-14-18-10-8-7-9-15(18)3/h7-12,16,23H,5-6,13-14H2,1-4H3/t16-/m0/s1. The maximum Gasteiger partial charge on any atom is 0.175 e. The molecule has 0 bridgehead atoms. The van der Waals surface area contributed by atoms with Gasteiger partial charge in [-0.2, -0.15) is 0 Å². The number of hydrogen-bond acceptors (Lipinski definition) is 3. The molecule has 0 saturated carbocycles. The van der Waals surface area contributed by atoms with Gasteiger partial charge in [-0.1, -0.05) is 31.2 Å². The van der Waals surface area contributed by atoms with Crippen molar-refractivity contribution in [2.45, 2.75) is 53.3 Å². The van der Waals surface area contributed by atoms with Crippen LogP contribution in [-0.4, -0.2) is 12.6 Å². The molecule has 0 heterocycles. The Kier molecular flexibility index (Phi) is 7.79. The van der Waals surface area contributed by atoms with Crippen molar-refractivity contribution >= 4 is 15.9 Å². The number of ether oxygens (including phenoxy) is 2. The highest BCUT2D eigenvalue weighted by atomic mass is 79.9. The largest absolute Gasteiger partial charge is 0.490 e. The van der Waals surface area contributed by atoms with E-state index in [4.69, 9.17) is 9.47 Å². The van der Waals surface area contributed by atoms with E-state index in [0.717, 1.165) is 28.9 Å². The van der Waals surface area contributed by atoms with Gasteiger partial charge in [0.15, 0.2) is 11.5 Å². The minimum Gasteiger partial charge on any atom is -0.490 e. The molecule has 0 spiro atoms. The predicted molar refractivity (Wildman–Crippen MR) is 107 cm³/mol. The fourth-order valence-electron chi connectivity index (χ4n) is 2.48. The summed E-state index contributed by atoms with van der Waals surface area (Å²) in [6, 6.07) is 12.9. The average molecular weight is 406 g/mol. The molecule has 0 aliphatic carbocycles. The van der Waals surface area contributed by atoms with Crippen molar-refractivity contribution in [1.29, 1.82) is 0 Å². The Morgan fingerprint density at radius 1 is 1.12 bits per heavy atom. The van der Waals surface area contributed by atoms with Crippen LogP contribution < -0.4 is 14.8 Å². The van der Waals surface area contributed by atoms with Crippen molar-refractivity contribution in [2.24, 2.45) is 0 Å². The first-order chi connectivity index (χ1) is 12.0. The highest BCUT2D eigenvalue weighted by Gasteiger charge is 2.13. The predicted octanol–water partition coefficient (Wildman–Crippen LogP) is 5.62. The fourth-order valence-corrected chi connectivity index (χ4v) is 3.09. The van der Waals surface area contributed by atoms with Crippen molar-refractivity contribution in [3.05, 3.63) is 57.6 Å². The van der Waals surface area contributed by atoms with Gasteiger partial charge in [0.1, 0.15) is 6.61 Å². The van der Waals surface area contributed by atoms with Crippen LogP contribution in [-0.2, 0) is 13.2 Å². The van der Waals surface area contributed by atoms with Gasteiger partial charge < -0.3 is 14.8 Å². The first-order valence-corrected chi connectivity index (χ1v) is 9.70. The molecule has 2 aromatic carbocycles. The molecule has 2 aromatic rings. The van der Waals surface area contributed by atoms with Gasteiger partial charge in [0.25, 0.3) is 0 Å². The van der Waals surface area contributed by atoms with Crippen LogP contribution in [0.4, 0.5) is 0 Å². The second-order valence-electron chi connectivity index (χ2n) is 6.24. The maximum absolute atomic E-state index is 6.10. The monoisotopic (exact) mass is 405 g/mol. The van der Waals surface area contributed by atoms with Gasteiger partial charge in [-0.05, 0) is 71.9 Å². The molecule has 0 aliphatic rings. The molecule has 3 nitrogen and oxygen atoms in total. The summed E-state index contributed by atoms with van der Waals surface area (Å²) in [5.41, 5.74) is 3.59. The summed E-state index contributed by atoms with van der Waals surface area (Å²) in [6.07, 6.45) is 1.11. The number of benzene rings is 2. The Hall–Kier alpha value is -1.52. The maximum atomic E-state index is 6.10. The molecule has 0 radical (unpaired) electrons. The van der Waals surface area contributed by atoms with Crippen LogP contribution in [0.1, 0.15) is 43.9 Å². The summed E-state index contributed by atoms with van der Waals surface area (Å²) in [4.78, 5) is 0. The van der Waals surface area contributed by atoms with Crippen LogP contribution in [0.15, 0.2) is 40.9 Å². The number of nitrogens with one attached hydrogen (secondary N) is 1. The Balaban J connectivity index is 2.17. The lowest BCUT2D eigenvalue weighted by molar-refractivity contribution is 0.267. The van der Waals surface area contributed by atoms with Crippen LogP contribution >= 0.6 is 15.9 Å². The van der Waals surface area contributed by atoms with Crippen molar-refractivity contribution < 1.29 is 9.47 Å². The van der Waals surface area contributed by atoms with Crippen LogP contribution in [0.2, 0.25) is 0 Å². The number of rotatable bonds is 9. The number of halogens is 1. The molecule has 25 heavy (non-hydrogen) atoms. The van der Waals surface area contributed by atoms with E-state index >= 15 is 0 Å². The number of hydrogen-bond donors (Lipinski definition) is 1. The van der Waals surface area contributed by atoms with Gasteiger partial charge in [-0.15, -0.1) is 0 Å². The summed E-state index contributed by atoms with van der Waals surface area (Å²) in [5.74, 6) is 1.55. The minimum atomic E-state index is 0.492. The lowest BCUT2D eigenvalue weighted by Crippen LogP contribution is -2.24. The van der Waals surface area contributed by atoms with E-state index in [1.807, 2.05) is 19.1 Å². The molecular formula is C21H28BrNO2. The van der Waals surface area contributed by atoms with E-state index in [9.17, 15) is 0 Å². The molecule has 4 heteroatoms. The topological polar surface area (TPSA) is 30.5 Å². The third-order valence-corrected chi connectivity index (χ3v) is 4.86. The fraction of sp³-hybridized carbons (Fsp3) is 0.429. The first-order valence-electron chi connectivity index (χ1n) is 8.91. The zero-order chi connectivity index (χ0) is 18.2. The summed E-state index contributed by atoms with van der Waals surface area (Å²) >= 11 is 3.65. The molecule has 136 valence electrons. The van der Waals surface area contributed by atoms with E-state index in [1.54, 1.807) is 0 Å². The second kappa shape index (κ2) is 9.83. The van der Waals surface area contributed by atoms with E-state index in [0.29, 0.717) is 19.3 Å². The Labute approximate surface area is 159 Å². The molecule has 1 atom stereocenters. The van der Waals surface area contributed by atoms with Crippen molar-refractivity contribution in [1.82, 2.24) is 5.32 Å². The molecule has 1 N–H and O–H groups in total.